The number of H-pyrrole nitrogens is 1. The van der Waals surface area contributed by atoms with Crippen molar-refractivity contribution in [3.63, 3.8) is 0 Å². The average molecular weight is 306 g/mol. The van der Waals surface area contributed by atoms with E-state index in [4.69, 9.17) is 11.5 Å². The predicted octanol–water partition coefficient (Wildman–Crippen LogP) is -0.129. The normalized spacial score (nSPS) is 14.6. The van der Waals surface area contributed by atoms with Gasteiger partial charge in [-0.05, 0) is 24.6 Å². The molecule has 1 aliphatic rings. The van der Waals surface area contributed by atoms with Crippen molar-refractivity contribution in [2.45, 2.75) is 23.2 Å². The van der Waals surface area contributed by atoms with Crippen LogP contribution in [0.1, 0.15) is 12.8 Å². The molecule has 1 aliphatic heterocycles. The third-order valence-corrected chi connectivity index (χ3v) is 3.69. The molecule has 9 nitrogen and oxygen atoms in total. The number of nitrogens with one attached hydrogen (secondary N) is 1. The van der Waals surface area contributed by atoms with Crippen molar-refractivity contribution in [2.24, 2.45) is 0 Å². The van der Waals surface area contributed by atoms with Crippen LogP contribution in [0.2, 0.25) is 0 Å². The van der Waals surface area contributed by atoms with Crippen molar-refractivity contribution < 1.29 is 0 Å². The fourth-order valence-electron chi connectivity index (χ4n) is 2.05. The van der Waals surface area contributed by atoms with E-state index in [2.05, 4.69) is 29.8 Å². The van der Waals surface area contributed by atoms with Gasteiger partial charge in [0, 0.05) is 19.2 Å². The Morgan fingerprint density at radius 1 is 1.14 bits per heavy atom. The zero-order chi connectivity index (χ0) is 14.8. The highest BCUT2D eigenvalue weighted by Gasteiger charge is 2.17. The summed E-state index contributed by atoms with van der Waals surface area (Å²) in [4.78, 5) is 32.6. The molecule has 0 atom stereocenters. The molecule has 1 fully saturated rings. The molecule has 3 rings (SSSR count). The molecule has 0 saturated carbocycles. The van der Waals surface area contributed by atoms with E-state index in [1.54, 1.807) is 0 Å². The lowest BCUT2D eigenvalue weighted by Gasteiger charge is -2.15. The summed E-state index contributed by atoms with van der Waals surface area (Å²) < 4.78 is 0. The summed E-state index contributed by atoms with van der Waals surface area (Å²) >= 11 is 1.09. The van der Waals surface area contributed by atoms with Gasteiger partial charge in [-0.1, -0.05) is 0 Å². The summed E-state index contributed by atoms with van der Waals surface area (Å²) in [5, 5.41) is 0.691. The van der Waals surface area contributed by atoms with Crippen LogP contribution < -0.4 is 21.9 Å². The van der Waals surface area contributed by atoms with Gasteiger partial charge in [-0.3, -0.25) is 4.79 Å². The van der Waals surface area contributed by atoms with E-state index in [-0.39, 0.29) is 17.3 Å². The Kier molecular flexibility index (Phi) is 3.60. The molecule has 0 spiro atoms. The van der Waals surface area contributed by atoms with Crippen LogP contribution >= 0.6 is 11.8 Å². The van der Waals surface area contributed by atoms with Gasteiger partial charge in [-0.15, -0.1) is 0 Å². The Morgan fingerprint density at radius 2 is 1.90 bits per heavy atom. The molecular formula is C11H14N8OS. The minimum Gasteiger partial charge on any atom is -0.383 e. The molecule has 0 amide bonds. The number of nitrogens with zero attached hydrogens (tertiary/aromatic N) is 5. The van der Waals surface area contributed by atoms with Crippen molar-refractivity contribution in [3.05, 3.63) is 16.4 Å². The Morgan fingerprint density at radius 3 is 2.62 bits per heavy atom. The topological polar surface area (TPSA) is 140 Å². The van der Waals surface area contributed by atoms with Crippen molar-refractivity contribution in [1.29, 1.82) is 0 Å². The van der Waals surface area contributed by atoms with Crippen LogP contribution in [0.15, 0.2) is 21.2 Å². The van der Waals surface area contributed by atoms with Crippen LogP contribution in [0.4, 0.5) is 17.7 Å². The van der Waals surface area contributed by atoms with E-state index in [0.717, 1.165) is 37.7 Å². The highest BCUT2D eigenvalue weighted by molar-refractivity contribution is 7.99. The van der Waals surface area contributed by atoms with Crippen LogP contribution in [0, 0.1) is 0 Å². The molecule has 0 aliphatic carbocycles. The second-order valence-electron chi connectivity index (χ2n) is 4.55. The van der Waals surface area contributed by atoms with Crippen LogP contribution in [0.5, 0.6) is 0 Å². The van der Waals surface area contributed by atoms with E-state index < -0.39 is 0 Å². The van der Waals surface area contributed by atoms with Crippen LogP contribution in [-0.2, 0) is 0 Å². The highest BCUT2D eigenvalue weighted by atomic mass is 32.2. The zero-order valence-corrected chi connectivity index (χ0v) is 11.9. The summed E-state index contributed by atoms with van der Waals surface area (Å²) in [5.41, 5.74) is 10.9. The first-order valence-corrected chi connectivity index (χ1v) is 7.23. The Labute approximate surface area is 124 Å². The molecular weight excluding hydrogens is 292 g/mol. The van der Waals surface area contributed by atoms with E-state index in [1.165, 1.54) is 6.07 Å². The second kappa shape index (κ2) is 5.56. The molecule has 21 heavy (non-hydrogen) atoms. The summed E-state index contributed by atoms with van der Waals surface area (Å²) in [5.74, 6) is 0.831. The molecule has 2 aromatic rings. The SMILES string of the molecule is Nc1cc(=O)[nH]c(Sc2nc(N)nc(N3CCCC3)n2)n1. The lowest BCUT2D eigenvalue weighted by Crippen LogP contribution is -2.21. The van der Waals surface area contributed by atoms with Crippen molar-refractivity contribution in [1.82, 2.24) is 24.9 Å². The molecule has 1 saturated heterocycles. The molecule has 3 heterocycles. The number of nitrogens with two attached hydrogens (primary N) is 2. The molecule has 0 aromatic carbocycles. The Balaban J connectivity index is 1.89. The lowest BCUT2D eigenvalue weighted by atomic mass is 10.4. The van der Waals surface area contributed by atoms with Crippen LogP contribution in [0.25, 0.3) is 0 Å². The molecule has 2 aromatic heterocycles. The van der Waals surface area contributed by atoms with E-state index in [9.17, 15) is 4.79 Å². The first-order chi connectivity index (χ1) is 10.1. The standard InChI is InChI=1S/C11H14N8OS/c12-6-5-7(20)15-10(14-6)21-11-17-8(13)16-9(18-11)19-3-1-2-4-19/h5H,1-4H2,(H3,12,14,15,20)(H2,13,16,17,18). The van der Waals surface area contributed by atoms with Crippen LogP contribution in [-0.4, -0.2) is 38.0 Å². The number of anilines is 3. The van der Waals surface area contributed by atoms with Gasteiger partial charge < -0.3 is 21.4 Å². The molecule has 0 bridgehead atoms. The number of aromatic nitrogens is 5. The molecule has 110 valence electrons. The zero-order valence-electron chi connectivity index (χ0n) is 11.1. The predicted molar refractivity (Wildman–Crippen MR) is 79.1 cm³/mol. The maximum Gasteiger partial charge on any atom is 0.253 e. The minimum atomic E-state index is -0.327. The largest absolute Gasteiger partial charge is 0.383 e. The number of nitrogen functional groups attached to an aromatic ring is 2. The van der Waals surface area contributed by atoms with Crippen molar-refractivity contribution in [3.8, 4) is 0 Å². The van der Waals surface area contributed by atoms with Gasteiger partial charge in [0.05, 0.1) is 0 Å². The summed E-state index contributed by atoms with van der Waals surface area (Å²) in [7, 11) is 0. The Hall–Kier alpha value is -2.36. The minimum absolute atomic E-state index is 0.139. The monoisotopic (exact) mass is 306 g/mol. The third-order valence-electron chi connectivity index (χ3n) is 2.94. The van der Waals surface area contributed by atoms with Crippen LogP contribution in [0.3, 0.4) is 0 Å². The average Bonchev–Trinajstić information content (AvgIpc) is 2.90. The van der Waals surface area contributed by atoms with E-state index in [1.807, 2.05) is 0 Å². The lowest BCUT2D eigenvalue weighted by molar-refractivity contribution is 0.829. The summed E-state index contributed by atoms with van der Waals surface area (Å²) in [6.07, 6.45) is 2.22. The molecule has 0 unspecified atom stereocenters. The fraction of sp³-hybridized carbons (Fsp3) is 0.364. The molecule has 5 N–H and O–H groups in total. The maximum absolute atomic E-state index is 11.4. The van der Waals surface area contributed by atoms with Gasteiger partial charge in [0.15, 0.2) is 5.16 Å². The molecule has 10 heteroatoms. The highest BCUT2D eigenvalue weighted by Crippen LogP contribution is 2.24. The fourth-order valence-corrected chi connectivity index (χ4v) is 2.80. The van der Waals surface area contributed by atoms with Crippen molar-refractivity contribution in [2.75, 3.05) is 29.5 Å². The smallest absolute Gasteiger partial charge is 0.253 e. The number of aromatic amines is 1. The van der Waals surface area contributed by atoms with Gasteiger partial charge in [0.2, 0.25) is 17.1 Å². The first-order valence-electron chi connectivity index (χ1n) is 6.41. The first kappa shape index (κ1) is 13.6. The van der Waals surface area contributed by atoms with Gasteiger partial charge >= 0.3 is 0 Å². The summed E-state index contributed by atoms with van der Waals surface area (Å²) in [6.45, 7) is 1.81. The number of hydrogen-bond acceptors (Lipinski definition) is 9. The van der Waals surface area contributed by atoms with Crippen molar-refractivity contribution >= 4 is 29.5 Å². The number of hydrogen-bond donors (Lipinski definition) is 3. The molecule has 0 radical (unpaired) electrons. The third kappa shape index (κ3) is 3.21. The number of rotatable bonds is 3. The van der Waals surface area contributed by atoms with E-state index in [0.29, 0.717) is 16.3 Å². The van der Waals surface area contributed by atoms with Gasteiger partial charge in [-0.2, -0.15) is 15.0 Å². The van der Waals surface area contributed by atoms with Gasteiger partial charge in [0.25, 0.3) is 5.56 Å². The summed E-state index contributed by atoms with van der Waals surface area (Å²) in [6, 6.07) is 1.21. The van der Waals surface area contributed by atoms with E-state index >= 15 is 0 Å². The second-order valence-corrected chi connectivity index (χ2v) is 5.50. The quantitative estimate of drug-likeness (QED) is 0.661. The Bertz CT molecular complexity index is 712. The maximum atomic E-state index is 11.4. The van der Waals surface area contributed by atoms with Gasteiger partial charge in [-0.25, -0.2) is 4.98 Å². The van der Waals surface area contributed by atoms with Gasteiger partial charge in [0.1, 0.15) is 5.82 Å².